The molecule has 0 aliphatic rings. The van der Waals surface area contributed by atoms with Crippen LogP contribution < -0.4 is 0 Å². The van der Waals surface area contributed by atoms with E-state index in [0.717, 1.165) is 29.1 Å². The van der Waals surface area contributed by atoms with Gasteiger partial charge < -0.3 is 4.74 Å². The van der Waals surface area contributed by atoms with Crippen LogP contribution in [-0.4, -0.2) is 11.1 Å². The van der Waals surface area contributed by atoms with E-state index in [1.54, 1.807) is 11.3 Å². The van der Waals surface area contributed by atoms with E-state index < -0.39 is 0 Å². The Morgan fingerprint density at radius 3 is 2.65 bits per heavy atom. The number of alkyl halides is 1. The molecule has 1 atom stereocenters. The van der Waals surface area contributed by atoms with E-state index in [9.17, 15) is 0 Å². The second-order valence-electron chi connectivity index (χ2n) is 4.88. The van der Waals surface area contributed by atoms with Gasteiger partial charge in [0.05, 0.1) is 24.3 Å². The average molecular weight is 310 g/mol. The van der Waals surface area contributed by atoms with Crippen LogP contribution in [0.15, 0.2) is 29.6 Å². The lowest BCUT2D eigenvalue weighted by molar-refractivity contribution is 0.0472. The van der Waals surface area contributed by atoms with Gasteiger partial charge >= 0.3 is 0 Å². The average Bonchev–Trinajstić information content (AvgIpc) is 2.95. The smallest absolute Gasteiger partial charge is 0.123 e. The Balaban J connectivity index is 1.95. The van der Waals surface area contributed by atoms with E-state index in [1.165, 1.54) is 5.56 Å². The normalized spacial score (nSPS) is 12.6. The summed E-state index contributed by atoms with van der Waals surface area (Å²) < 4.78 is 5.81. The van der Waals surface area contributed by atoms with E-state index in [0.29, 0.717) is 18.6 Å². The van der Waals surface area contributed by atoms with Crippen molar-refractivity contribution in [2.75, 3.05) is 0 Å². The first-order valence-corrected chi connectivity index (χ1v) is 8.35. The third kappa shape index (κ3) is 4.30. The number of aromatic nitrogens is 1. The molecule has 0 aliphatic carbocycles. The number of nitrogens with zero attached hydrogens (tertiary/aromatic N) is 1. The second-order valence-corrected chi connectivity index (χ2v) is 6.01. The summed E-state index contributed by atoms with van der Waals surface area (Å²) in [7, 11) is 0. The summed E-state index contributed by atoms with van der Waals surface area (Å²) in [4.78, 5) is 4.48. The van der Waals surface area contributed by atoms with Crippen LogP contribution in [0.3, 0.4) is 0 Å². The molecule has 0 bridgehead atoms. The predicted octanol–water partition coefficient (Wildman–Crippen LogP) is 5.25. The van der Waals surface area contributed by atoms with Crippen LogP contribution >= 0.6 is 22.9 Å². The van der Waals surface area contributed by atoms with Crippen molar-refractivity contribution in [3.63, 3.8) is 0 Å². The van der Waals surface area contributed by atoms with Crippen LogP contribution in [0.5, 0.6) is 0 Å². The number of benzene rings is 1. The molecular weight excluding hydrogens is 290 g/mol. The Hall–Kier alpha value is -0.900. The molecular formula is C16H20ClNOS. The van der Waals surface area contributed by atoms with Gasteiger partial charge in [0.15, 0.2) is 0 Å². The van der Waals surface area contributed by atoms with Crippen LogP contribution in [0.4, 0.5) is 0 Å². The molecule has 0 spiro atoms. The molecule has 2 nitrogen and oxygen atoms in total. The Kier molecular flexibility index (Phi) is 6.02. The molecule has 20 heavy (non-hydrogen) atoms. The molecule has 0 fully saturated rings. The van der Waals surface area contributed by atoms with Crippen LogP contribution in [0.1, 0.15) is 37.9 Å². The summed E-state index contributed by atoms with van der Waals surface area (Å²) >= 11 is 7.41. The summed E-state index contributed by atoms with van der Waals surface area (Å²) in [6, 6.07) is 8.41. The first-order valence-electron chi connectivity index (χ1n) is 6.94. The summed E-state index contributed by atoms with van der Waals surface area (Å²) in [5.74, 6) is 0.470. The molecule has 1 unspecified atom stereocenters. The van der Waals surface area contributed by atoms with Gasteiger partial charge in [-0.05, 0) is 18.9 Å². The van der Waals surface area contributed by atoms with Gasteiger partial charge in [-0.3, -0.25) is 0 Å². The second kappa shape index (κ2) is 7.77. The fourth-order valence-corrected chi connectivity index (χ4v) is 3.03. The SMILES string of the molecule is CCCC(C)OCc1ccc(-c2nc(CCl)cs2)cc1. The highest BCUT2D eigenvalue weighted by Gasteiger charge is 2.05. The zero-order valence-corrected chi connectivity index (χ0v) is 13.5. The van der Waals surface area contributed by atoms with Gasteiger partial charge in [0.2, 0.25) is 0 Å². The number of ether oxygens (including phenoxy) is 1. The Labute approximate surface area is 129 Å². The van der Waals surface area contributed by atoms with Crippen LogP contribution in [0.25, 0.3) is 10.6 Å². The fourth-order valence-electron chi connectivity index (χ4n) is 1.97. The monoisotopic (exact) mass is 309 g/mol. The van der Waals surface area contributed by atoms with Crippen molar-refractivity contribution in [2.45, 2.75) is 45.3 Å². The van der Waals surface area contributed by atoms with Crippen molar-refractivity contribution in [3.05, 3.63) is 40.9 Å². The number of hydrogen-bond donors (Lipinski definition) is 0. The number of hydrogen-bond acceptors (Lipinski definition) is 3. The third-order valence-electron chi connectivity index (χ3n) is 3.12. The van der Waals surface area contributed by atoms with Crippen molar-refractivity contribution in [3.8, 4) is 10.6 Å². The van der Waals surface area contributed by atoms with Gasteiger partial charge in [-0.1, -0.05) is 37.6 Å². The van der Waals surface area contributed by atoms with E-state index in [1.807, 2.05) is 5.38 Å². The maximum absolute atomic E-state index is 5.81. The van der Waals surface area contributed by atoms with E-state index in [-0.39, 0.29) is 0 Å². The molecule has 2 rings (SSSR count). The Bertz CT molecular complexity index is 524. The van der Waals surface area contributed by atoms with Crippen LogP contribution in [-0.2, 0) is 17.2 Å². The van der Waals surface area contributed by atoms with Crippen molar-refractivity contribution < 1.29 is 4.74 Å². The molecule has 1 heterocycles. The zero-order chi connectivity index (χ0) is 14.4. The fraction of sp³-hybridized carbons (Fsp3) is 0.438. The van der Waals surface area contributed by atoms with Crippen LogP contribution in [0.2, 0.25) is 0 Å². The van der Waals surface area contributed by atoms with Gasteiger partial charge in [0.25, 0.3) is 0 Å². The molecule has 0 saturated heterocycles. The lowest BCUT2D eigenvalue weighted by atomic mass is 10.1. The predicted molar refractivity (Wildman–Crippen MR) is 86.3 cm³/mol. The molecule has 0 saturated carbocycles. The van der Waals surface area contributed by atoms with Crippen molar-refractivity contribution >= 4 is 22.9 Å². The molecule has 0 aliphatic heterocycles. The largest absolute Gasteiger partial charge is 0.374 e. The maximum Gasteiger partial charge on any atom is 0.123 e. The summed E-state index contributed by atoms with van der Waals surface area (Å²) in [6.07, 6.45) is 2.59. The molecule has 0 N–H and O–H groups in total. The lowest BCUT2D eigenvalue weighted by Gasteiger charge is -2.11. The molecule has 1 aromatic heterocycles. The third-order valence-corrected chi connectivity index (χ3v) is 4.33. The number of halogens is 1. The minimum atomic E-state index is 0.324. The van der Waals surface area contributed by atoms with Gasteiger partial charge in [0, 0.05) is 10.9 Å². The lowest BCUT2D eigenvalue weighted by Crippen LogP contribution is -2.07. The molecule has 0 amide bonds. The highest BCUT2D eigenvalue weighted by Crippen LogP contribution is 2.24. The zero-order valence-electron chi connectivity index (χ0n) is 11.9. The standard InChI is InChI=1S/C16H20ClNOS/c1-3-4-12(2)19-10-13-5-7-14(8-6-13)16-18-15(9-17)11-20-16/h5-8,11-12H,3-4,9-10H2,1-2H3. The minimum Gasteiger partial charge on any atom is -0.374 e. The summed E-state index contributed by atoms with van der Waals surface area (Å²) in [5.41, 5.74) is 3.27. The van der Waals surface area contributed by atoms with Gasteiger partial charge in [-0.2, -0.15) is 0 Å². The number of thiazole rings is 1. The molecule has 2 aromatic rings. The van der Waals surface area contributed by atoms with Crippen molar-refractivity contribution in [2.24, 2.45) is 0 Å². The number of rotatable bonds is 7. The first-order chi connectivity index (χ1) is 9.72. The van der Waals surface area contributed by atoms with Gasteiger partial charge in [0.1, 0.15) is 5.01 Å². The highest BCUT2D eigenvalue weighted by molar-refractivity contribution is 7.13. The van der Waals surface area contributed by atoms with Crippen molar-refractivity contribution in [1.29, 1.82) is 0 Å². The molecule has 108 valence electrons. The molecule has 4 heteroatoms. The highest BCUT2D eigenvalue weighted by atomic mass is 35.5. The first kappa shape index (κ1) is 15.5. The summed E-state index contributed by atoms with van der Waals surface area (Å²) in [6.45, 7) is 4.98. The van der Waals surface area contributed by atoms with E-state index >= 15 is 0 Å². The van der Waals surface area contributed by atoms with E-state index in [2.05, 4.69) is 43.1 Å². The molecule has 0 radical (unpaired) electrons. The minimum absolute atomic E-state index is 0.324. The van der Waals surface area contributed by atoms with Crippen LogP contribution in [0, 0.1) is 0 Å². The van der Waals surface area contributed by atoms with Gasteiger partial charge in [-0.15, -0.1) is 22.9 Å². The van der Waals surface area contributed by atoms with E-state index in [4.69, 9.17) is 16.3 Å². The quantitative estimate of drug-likeness (QED) is 0.651. The Morgan fingerprint density at radius 2 is 2.05 bits per heavy atom. The topological polar surface area (TPSA) is 22.1 Å². The summed E-state index contributed by atoms with van der Waals surface area (Å²) in [5, 5.41) is 3.03. The van der Waals surface area contributed by atoms with Crippen molar-refractivity contribution in [1.82, 2.24) is 4.98 Å². The maximum atomic E-state index is 5.81. The van der Waals surface area contributed by atoms with Gasteiger partial charge in [-0.25, -0.2) is 4.98 Å². The molecule has 1 aromatic carbocycles. The Morgan fingerprint density at radius 1 is 1.30 bits per heavy atom.